The summed E-state index contributed by atoms with van der Waals surface area (Å²) in [6.45, 7) is 5.58. The molecule has 15 heavy (non-hydrogen) atoms. The van der Waals surface area contributed by atoms with Gasteiger partial charge in [-0.25, -0.2) is 0 Å². The molecule has 2 unspecified atom stereocenters. The van der Waals surface area contributed by atoms with Gasteiger partial charge in [0.05, 0.1) is 0 Å². The summed E-state index contributed by atoms with van der Waals surface area (Å²) in [5.41, 5.74) is 2.84. The SMILES string of the molecule is Cc1ccccc1CNC1CCCC1C. The quantitative estimate of drug-likeness (QED) is 0.795. The van der Waals surface area contributed by atoms with Crippen molar-refractivity contribution in [3.63, 3.8) is 0 Å². The molecule has 0 amide bonds. The van der Waals surface area contributed by atoms with Gasteiger partial charge >= 0.3 is 0 Å². The molecular formula is C14H21N. The minimum absolute atomic E-state index is 0.740. The van der Waals surface area contributed by atoms with Crippen molar-refractivity contribution < 1.29 is 0 Å². The summed E-state index contributed by atoms with van der Waals surface area (Å²) in [5, 5.41) is 3.69. The van der Waals surface area contributed by atoms with E-state index in [1.54, 1.807) is 0 Å². The first-order valence-corrected chi connectivity index (χ1v) is 6.05. The third-order valence-electron chi connectivity index (χ3n) is 3.68. The van der Waals surface area contributed by atoms with Crippen molar-refractivity contribution >= 4 is 0 Å². The smallest absolute Gasteiger partial charge is 0.0210 e. The van der Waals surface area contributed by atoms with E-state index in [0.29, 0.717) is 0 Å². The Hall–Kier alpha value is -0.820. The number of hydrogen-bond acceptors (Lipinski definition) is 1. The average Bonchev–Trinajstić information content (AvgIpc) is 2.63. The summed E-state index contributed by atoms with van der Waals surface area (Å²) >= 11 is 0. The van der Waals surface area contributed by atoms with Crippen LogP contribution in [0.15, 0.2) is 24.3 Å². The lowest BCUT2D eigenvalue weighted by Gasteiger charge is -2.18. The van der Waals surface area contributed by atoms with Crippen molar-refractivity contribution in [3.05, 3.63) is 35.4 Å². The Morgan fingerprint density at radius 2 is 2.07 bits per heavy atom. The van der Waals surface area contributed by atoms with Crippen LogP contribution in [-0.2, 0) is 6.54 Å². The van der Waals surface area contributed by atoms with Crippen LogP contribution in [0.5, 0.6) is 0 Å². The molecule has 2 rings (SSSR count). The van der Waals surface area contributed by atoms with Crippen LogP contribution in [0.1, 0.15) is 37.3 Å². The van der Waals surface area contributed by atoms with E-state index < -0.39 is 0 Å². The summed E-state index contributed by atoms with van der Waals surface area (Å²) in [4.78, 5) is 0. The van der Waals surface area contributed by atoms with Gasteiger partial charge in [0.1, 0.15) is 0 Å². The molecule has 0 aromatic heterocycles. The number of hydrogen-bond donors (Lipinski definition) is 1. The third-order valence-corrected chi connectivity index (χ3v) is 3.68. The van der Waals surface area contributed by atoms with Crippen LogP contribution >= 0.6 is 0 Å². The van der Waals surface area contributed by atoms with Crippen LogP contribution in [0, 0.1) is 12.8 Å². The lowest BCUT2D eigenvalue weighted by molar-refractivity contribution is 0.425. The zero-order valence-corrected chi connectivity index (χ0v) is 9.79. The lowest BCUT2D eigenvalue weighted by atomic mass is 10.0. The molecule has 1 aliphatic carbocycles. The van der Waals surface area contributed by atoms with E-state index in [2.05, 4.69) is 43.4 Å². The van der Waals surface area contributed by atoms with E-state index in [0.717, 1.165) is 18.5 Å². The summed E-state index contributed by atoms with van der Waals surface area (Å²) in [7, 11) is 0. The Kier molecular flexibility index (Phi) is 3.42. The molecule has 0 radical (unpaired) electrons. The molecule has 1 heteroatoms. The van der Waals surface area contributed by atoms with E-state index in [-0.39, 0.29) is 0 Å². The highest BCUT2D eigenvalue weighted by atomic mass is 14.9. The normalized spacial score (nSPS) is 25.7. The highest BCUT2D eigenvalue weighted by Gasteiger charge is 2.22. The van der Waals surface area contributed by atoms with E-state index in [9.17, 15) is 0 Å². The minimum Gasteiger partial charge on any atom is -0.310 e. The van der Waals surface area contributed by atoms with Gasteiger partial charge in [0.2, 0.25) is 0 Å². The molecule has 1 fully saturated rings. The summed E-state index contributed by atoms with van der Waals surface area (Å²) < 4.78 is 0. The van der Waals surface area contributed by atoms with Crippen molar-refractivity contribution in [1.29, 1.82) is 0 Å². The van der Waals surface area contributed by atoms with Gasteiger partial charge in [0, 0.05) is 12.6 Å². The van der Waals surface area contributed by atoms with E-state index >= 15 is 0 Å². The standard InChI is InChI=1S/C14H21N/c1-11-6-3-4-8-13(11)10-15-14-9-5-7-12(14)2/h3-4,6,8,12,14-15H,5,7,9-10H2,1-2H3. The number of benzene rings is 1. The average molecular weight is 203 g/mol. The second-order valence-electron chi connectivity index (χ2n) is 4.82. The van der Waals surface area contributed by atoms with Gasteiger partial charge < -0.3 is 5.32 Å². The first kappa shape index (κ1) is 10.7. The van der Waals surface area contributed by atoms with Crippen LogP contribution in [-0.4, -0.2) is 6.04 Å². The van der Waals surface area contributed by atoms with Crippen molar-refractivity contribution in [2.45, 2.75) is 45.7 Å². The van der Waals surface area contributed by atoms with Crippen molar-refractivity contribution in [2.75, 3.05) is 0 Å². The fourth-order valence-corrected chi connectivity index (χ4v) is 2.50. The zero-order chi connectivity index (χ0) is 10.7. The maximum atomic E-state index is 3.69. The van der Waals surface area contributed by atoms with Gasteiger partial charge in [-0.1, -0.05) is 37.6 Å². The molecule has 0 saturated heterocycles. The number of rotatable bonds is 3. The fourth-order valence-electron chi connectivity index (χ4n) is 2.50. The Labute approximate surface area is 92.9 Å². The van der Waals surface area contributed by atoms with Gasteiger partial charge in [0.15, 0.2) is 0 Å². The van der Waals surface area contributed by atoms with Crippen molar-refractivity contribution in [2.24, 2.45) is 5.92 Å². The molecule has 2 atom stereocenters. The molecule has 1 aliphatic rings. The maximum Gasteiger partial charge on any atom is 0.0210 e. The largest absolute Gasteiger partial charge is 0.310 e. The summed E-state index contributed by atoms with van der Waals surface area (Å²) in [5.74, 6) is 0.856. The van der Waals surface area contributed by atoms with Crippen LogP contribution in [0.2, 0.25) is 0 Å². The molecule has 1 aromatic rings. The first-order valence-electron chi connectivity index (χ1n) is 6.05. The zero-order valence-electron chi connectivity index (χ0n) is 9.79. The predicted molar refractivity (Wildman–Crippen MR) is 64.8 cm³/mol. The Morgan fingerprint density at radius 1 is 1.27 bits per heavy atom. The predicted octanol–water partition coefficient (Wildman–Crippen LogP) is 3.27. The van der Waals surface area contributed by atoms with Gasteiger partial charge in [-0.15, -0.1) is 0 Å². The third kappa shape index (κ3) is 2.60. The highest BCUT2D eigenvalue weighted by molar-refractivity contribution is 5.25. The number of aryl methyl sites for hydroxylation is 1. The molecule has 0 bridgehead atoms. The second kappa shape index (κ2) is 4.80. The summed E-state index contributed by atoms with van der Waals surface area (Å²) in [6, 6.07) is 9.39. The fraction of sp³-hybridized carbons (Fsp3) is 0.571. The molecular weight excluding hydrogens is 182 g/mol. The molecule has 1 N–H and O–H groups in total. The van der Waals surface area contributed by atoms with Gasteiger partial charge in [0.25, 0.3) is 0 Å². The molecule has 0 heterocycles. The van der Waals surface area contributed by atoms with Crippen LogP contribution < -0.4 is 5.32 Å². The topological polar surface area (TPSA) is 12.0 Å². The van der Waals surface area contributed by atoms with Crippen LogP contribution in [0.3, 0.4) is 0 Å². The minimum atomic E-state index is 0.740. The first-order chi connectivity index (χ1) is 7.27. The number of nitrogens with one attached hydrogen (secondary N) is 1. The summed E-state index contributed by atoms with van der Waals surface area (Å²) in [6.07, 6.45) is 4.14. The van der Waals surface area contributed by atoms with Gasteiger partial charge in [-0.05, 0) is 36.8 Å². The van der Waals surface area contributed by atoms with E-state index in [4.69, 9.17) is 0 Å². The molecule has 0 aliphatic heterocycles. The Balaban J connectivity index is 1.90. The molecule has 82 valence electrons. The van der Waals surface area contributed by atoms with Gasteiger partial charge in [-0.3, -0.25) is 0 Å². The lowest BCUT2D eigenvalue weighted by Crippen LogP contribution is -2.30. The van der Waals surface area contributed by atoms with E-state index in [1.807, 2.05) is 0 Å². The Morgan fingerprint density at radius 3 is 2.73 bits per heavy atom. The Bertz CT molecular complexity index is 319. The van der Waals surface area contributed by atoms with Crippen molar-refractivity contribution in [1.82, 2.24) is 5.32 Å². The molecule has 0 spiro atoms. The van der Waals surface area contributed by atoms with Crippen molar-refractivity contribution in [3.8, 4) is 0 Å². The molecule has 1 saturated carbocycles. The van der Waals surface area contributed by atoms with Crippen LogP contribution in [0.4, 0.5) is 0 Å². The second-order valence-corrected chi connectivity index (χ2v) is 4.82. The van der Waals surface area contributed by atoms with Gasteiger partial charge in [-0.2, -0.15) is 0 Å². The monoisotopic (exact) mass is 203 g/mol. The molecule has 1 nitrogen and oxygen atoms in total. The van der Waals surface area contributed by atoms with Crippen LogP contribution in [0.25, 0.3) is 0 Å². The van der Waals surface area contributed by atoms with E-state index in [1.165, 1.54) is 30.4 Å². The maximum absolute atomic E-state index is 3.69. The highest BCUT2D eigenvalue weighted by Crippen LogP contribution is 2.25. The molecule has 1 aromatic carbocycles.